The van der Waals surface area contributed by atoms with Gasteiger partial charge >= 0.3 is 13.5 Å². The van der Waals surface area contributed by atoms with E-state index in [0.29, 0.717) is 12.8 Å². The first-order valence-corrected chi connectivity index (χ1v) is 15.8. The van der Waals surface area contributed by atoms with Crippen LogP contribution in [0.4, 0.5) is 4.39 Å². The first kappa shape index (κ1) is 29.5. The molecule has 0 amide bonds. The summed E-state index contributed by atoms with van der Waals surface area (Å²) in [4.78, 5) is 26.8. The SMILES string of the molecule is CC(C)(CCO)SSc1ccccc1CCOP1(=O)OC2CO[C@@H](n3ccc(=O)[nH]c3=O)[C@](C)(F)[C@@H](C2)O1. The van der Waals surface area contributed by atoms with E-state index in [2.05, 4.69) is 18.8 Å². The first-order chi connectivity index (χ1) is 17.9. The zero-order valence-corrected chi connectivity index (χ0v) is 23.9. The number of phosphoric ester groups is 1. The van der Waals surface area contributed by atoms with Crippen LogP contribution < -0.4 is 11.2 Å². The van der Waals surface area contributed by atoms with Crippen molar-refractivity contribution in [3.8, 4) is 0 Å². The number of nitrogens with one attached hydrogen (secondary N) is 1. The van der Waals surface area contributed by atoms with Crippen molar-refractivity contribution in [1.29, 1.82) is 0 Å². The van der Waals surface area contributed by atoms with Gasteiger partial charge in [-0.15, -0.1) is 0 Å². The minimum absolute atomic E-state index is 0.00561. The molecule has 38 heavy (non-hydrogen) atoms. The minimum Gasteiger partial charge on any atom is -0.396 e. The van der Waals surface area contributed by atoms with E-state index >= 15 is 4.39 Å². The van der Waals surface area contributed by atoms with Gasteiger partial charge in [-0.05, 0) is 45.2 Å². The molecule has 0 saturated carbocycles. The van der Waals surface area contributed by atoms with E-state index in [1.807, 2.05) is 24.3 Å². The standard InChI is InChI=1S/C24H32FN2O8PS2/c1-23(2,10-12-28)38-37-18-7-5-4-6-16(18)9-13-33-36(31)34-17-14-19(35-36)24(3,25)21(32-15-17)27-11-8-20(29)26-22(27)30/h4-8,11,17,19,21,28H,9-10,12-15H2,1-3H3,(H,26,29,30)/t17?,19-,21-,24-,36?/m1/s1. The van der Waals surface area contributed by atoms with Gasteiger partial charge in [0.25, 0.3) is 5.56 Å². The number of halogens is 1. The first-order valence-electron chi connectivity index (χ1n) is 12.2. The molecule has 0 spiro atoms. The quantitative estimate of drug-likeness (QED) is 0.306. The molecule has 4 rings (SSSR count). The molecule has 2 aliphatic heterocycles. The molecule has 2 fully saturated rings. The van der Waals surface area contributed by atoms with Crippen LogP contribution in [0.5, 0.6) is 0 Å². The number of hydrogen-bond acceptors (Lipinski definition) is 10. The van der Waals surface area contributed by atoms with Crippen molar-refractivity contribution >= 4 is 29.4 Å². The Hall–Kier alpha value is -1.44. The van der Waals surface area contributed by atoms with Crippen LogP contribution in [0, 0.1) is 0 Å². The number of benzene rings is 1. The maximum absolute atomic E-state index is 16.1. The summed E-state index contributed by atoms with van der Waals surface area (Å²) < 4.78 is 52.7. The lowest BCUT2D eigenvalue weighted by Gasteiger charge is -2.38. The van der Waals surface area contributed by atoms with Gasteiger partial charge in [0.1, 0.15) is 6.10 Å². The Labute approximate surface area is 227 Å². The molecule has 210 valence electrons. The molecule has 2 N–H and O–H groups in total. The number of aromatic amines is 1. The molecule has 3 heterocycles. The number of rotatable bonds is 10. The van der Waals surface area contributed by atoms with Gasteiger partial charge in [0.05, 0.1) is 19.3 Å². The van der Waals surface area contributed by atoms with Crippen LogP contribution in [0.2, 0.25) is 0 Å². The number of aromatic nitrogens is 2. The van der Waals surface area contributed by atoms with Crippen LogP contribution in [-0.2, 0) is 29.3 Å². The molecule has 2 aromatic rings. The van der Waals surface area contributed by atoms with Crippen LogP contribution in [0.25, 0.3) is 0 Å². The van der Waals surface area contributed by atoms with Gasteiger partial charge in [-0.1, -0.05) is 39.8 Å². The molecule has 5 atom stereocenters. The smallest absolute Gasteiger partial charge is 0.396 e. The third kappa shape index (κ3) is 7.00. The molecule has 2 saturated heterocycles. The highest BCUT2D eigenvalue weighted by atomic mass is 33.1. The van der Waals surface area contributed by atoms with Crippen LogP contribution in [0.1, 0.15) is 45.4 Å². The van der Waals surface area contributed by atoms with Crippen LogP contribution >= 0.6 is 29.4 Å². The summed E-state index contributed by atoms with van der Waals surface area (Å²) in [6, 6.07) is 8.85. The van der Waals surface area contributed by atoms with E-state index in [4.69, 9.17) is 18.3 Å². The number of aliphatic hydroxyl groups is 1. The largest absolute Gasteiger partial charge is 0.475 e. The molecule has 2 aliphatic rings. The Kier molecular flexibility index (Phi) is 9.31. The Bertz CT molecular complexity index is 1290. The number of alkyl halides is 1. The van der Waals surface area contributed by atoms with Crippen molar-refractivity contribution in [3.05, 3.63) is 62.9 Å². The average molecular weight is 591 g/mol. The topological polar surface area (TPSA) is 129 Å². The fourth-order valence-corrected chi connectivity index (χ4v) is 8.38. The Morgan fingerprint density at radius 2 is 2.05 bits per heavy atom. The Morgan fingerprint density at radius 3 is 2.79 bits per heavy atom. The summed E-state index contributed by atoms with van der Waals surface area (Å²) in [5.41, 5.74) is -2.77. The predicted molar refractivity (Wildman–Crippen MR) is 143 cm³/mol. The summed E-state index contributed by atoms with van der Waals surface area (Å²) >= 11 is 0. The van der Waals surface area contributed by atoms with E-state index in [9.17, 15) is 19.3 Å². The number of ether oxygens (including phenoxy) is 1. The van der Waals surface area contributed by atoms with Gasteiger partial charge < -0.3 is 9.84 Å². The van der Waals surface area contributed by atoms with Crippen molar-refractivity contribution in [2.45, 2.75) is 73.8 Å². The van der Waals surface area contributed by atoms with Gasteiger partial charge in [0.15, 0.2) is 11.9 Å². The zero-order chi connectivity index (χ0) is 27.6. The molecule has 0 radical (unpaired) electrons. The minimum atomic E-state index is -4.14. The van der Waals surface area contributed by atoms with Gasteiger partial charge in [0, 0.05) is 34.9 Å². The highest BCUT2D eigenvalue weighted by Crippen LogP contribution is 2.59. The van der Waals surface area contributed by atoms with Crippen molar-refractivity contribution in [1.82, 2.24) is 9.55 Å². The maximum Gasteiger partial charge on any atom is 0.475 e. The number of nitrogens with zero attached hydrogens (tertiary/aromatic N) is 1. The lowest BCUT2D eigenvalue weighted by atomic mass is 9.95. The van der Waals surface area contributed by atoms with Crippen molar-refractivity contribution in [2.24, 2.45) is 0 Å². The highest BCUT2D eigenvalue weighted by molar-refractivity contribution is 8.77. The van der Waals surface area contributed by atoms with Crippen LogP contribution in [0.3, 0.4) is 0 Å². The third-order valence-corrected chi connectivity index (χ3v) is 11.4. The molecule has 1 aromatic heterocycles. The summed E-state index contributed by atoms with van der Waals surface area (Å²) in [6.45, 7) is 5.29. The molecular formula is C24H32FN2O8PS2. The number of hydrogen-bond donors (Lipinski definition) is 2. The van der Waals surface area contributed by atoms with Crippen molar-refractivity contribution in [3.63, 3.8) is 0 Å². The van der Waals surface area contributed by atoms with E-state index < -0.39 is 43.2 Å². The lowest BCUT2D eigenvalue weighted by molar-refractivity contribution is -0.125. The molecule has 0 aliphatic carbocycles. The number of phosphoric acid groups is 1. The second kappa shape index (κ2) is 12.0. The fraction of sp³-hybridized carbons (Fsp3) is 0.583. The second-order valence-electron chi connectivity index (χ2n) is 9.95. The van der Waals surface area contributed by atoms with Crippen molar-refractivity contribution in [2.75, 3.05) is 19.8 Å². The molecule has 14 heteroatoms. The monoisotopic (exact) mass is 590 g/mol. The second-order valence-corrected chi connectivity index (χ2v) is 14.4. The average Bonchev–Trinajstić information content (AvgIpc) is 2.92. The summed E-state index contributed by atoms with van der Waals surface area (Å²) in [5, 5.41) is 9.27. The van der Waals surface area contributed by atoms with E-state index in [-0.39, 0.29) is 31.0 Å². The van der Waals surface area contributed by atoms with Crippen LogP contribution in [0.15, 0.2) is 51.0 Å². The molecule has 10 nitrogen and oxygen atoms in total. The number of aliphatic hydroxyl groups excluding tert-OH is 1. The summed E-state index contributed by atoms with van der Waals surface area (Å²) in [6.07, 6.45) is -1.19. The van der Waals surface area contributed by atoms with E-state index in [1.165, 1.54) is 6.92 Å². The summed E-state index contributed by atoms with van der Waals surface area (Å²) in [5.74, 6) is 0. The molecular weight excluding hydrogens is 558 g/mol. The number of H-pyrrole nitrogens is 1. The Morgan fingerprint density at radius 1 is 1.29 bits per heavy atom. The van der Waals surface area contributed by atoms with Gasteiger partial charge in [-0.25, -0.2) is 13.8 Å². The third-order valence-electron chi connectivity index (χ3n) is 6.33. The van der Waals surface area contributed by atoms with Crippen molar-refractivity contribution < 1.29 is 32.4 Å². The maximum atomic E-state index is 16.1. The van der Waals surface area contributed by atoms with E-state index in [1.54, 1.807) is 21.6 Å². The predicted octanol–water partition coefficient (Wildman–Crippen LogP) is 4.24. The highest BCUT2D eigenvalue weighted by Gasteiger charge is 2.55. The Balaban J connectivity index is 1.43. The fourth-order valence-electron chi connectivity index (χ4n) is 4.19. The normalized spacial score (nSPS) is 29.7. The van der Waals surface area contributed by atoms with Gasteiger partial charge in [-0.3, -0.25) is 27.9 Å². The van der Waals surface area contributed by atoms with Crippen LogP contribution in [-0.4, -0.2) is 57.1 Å². The molecule has 2 unspecified atom stereocenters. The summed E-state index contributed by atoms with van der Waals surface area (Å²) in [7, 11) is -0.890. The zero-order valence-electron chi connectivity index (χ0n) is 21.3. The van der Waals surface area contributed by atoms with E-state index in [0.717, 1.165) is 27.3 Å². The number of fused-ring (bicyclic) bond motifs is 2. The lowest BCUT2D eigenvalue weighted by Crippen LogP contribution is -2.48. The molecule has 2 bridgehead atoms. The molecule has 1 aromatic carbocycles. The van der Waals surface area contributed by atoms with Gasteiger partial charge in [-0.2, -0.15) is 0 Å². The van der Waals surface area contributed by atoms with Gasteiger partial charge in [0.2, 0.25) is 0 Å².